The number of hydrogen-bond acceptors (Lipinski definition) is 4. The highest BCUT2D eigenvalue weighted by Crippen LogP contribution is 2.32. The maximum absolute atomic E-state index is 12.7. The molecular formula is C20H18Cl2N2O3S2. The van der Waals surface area contributed by atoms with Crippen molar-refractivity contribution < 1.29 is 13.2 Å². The summed E-state index contributed by atoms with van der Waals surface area (Å²) >= 11 is 13.9. The Morgan fingerprint density at radius 1 is 1.17 bits per heavy atom. The lowest BCUT2D eigenvalue weighted by Crippen LogP contribution is -2.17. The van der Waals surface area contributed by atoms with Gasteiger partial charge in [0.15, 0.2) is 14.6 Å². The Kier molecular flexibility index (Phi) is 6.33. The molecule has 5 nitrogen and oxygen atoms in total. The molecule has 1 amide bonds. The Balaban J connectivity index is 2.09. The smallest absolute Gasteiger partial charge is 0.279 e. The van der Waals surface area contributed by atoms with Gasteiger partial charge in [0.1, 0.15) is 0 Å². The standard InChI is InChI=1S/C20H18Cl2N2O3S2/c1-4-11-24-17-15(21)9-10-16(22)18(17)28-20(24)23-19(25)13-5-7-14(8-6-13)29(26,27)12(2)3/h4-10,12H,1,11H2,2-3H3. The fourth-order valence-corrected chi connectivity index (χ4v) is 5.42. The van der Waals surface area contributed by atoms with Crippen LogP contribution in [0, 0.1) is 0 Å². The summed E-state index contributed by atoms with van der Waals surface area (Å²) < 4.78 is 27.0. The molecular weight excluding hydrogens is 451 g/mol. The quantitative estimate of drug-likeness (QED) is 0.487. The van der Waals surface area contributed by atoms with Crippen molar-refractivity contribution in [1.29, 1.82) is 0 Å². The number of nitrogens with zero attached hydrogens (tertiary/aromatic N) is 2. The first-order chi connectivity index (χ1) is 13.7. The summed E-state index contributed by atoms with van der Waals surface area (Å²) in [6, 6.07) is 9.17. The third-order valence-electron chi connectivity index (χ3n) is 4.29. The highest BCUT2D eigenvalue weighted by Gasteiger charge is 2.19. The van der Waals surface area contributed by atoms with Crippen LogP contribution < -0.4 is 4.80 Å². The van der Waals surface area contributed by atoms with Gasteiger partial charge >= 0.3 is 0 Å². The van der Waals surface area contributed by atoms with Crippen LogP contribution in [0.5, 0.6) is 0 Å². The van der Waals surface area contributed by atoms with Crippen molar-refractivity contribution in [1.82, 2.24) is 4.57 Å². The van der Waals surface area contributed by atoms with Crippen LogP contribution in [0.4, 0.5) is 0 Å². The number of allylic oxidation sites excluding steroid dienone is 1. The molecule has 0 aliphatic carbocycles. The average molecular weight is 469 g/mol. The normalized spacial score (nSPS) is 12.7. The molecule has 3 rings (SSSR count). The molecule has 152 valence electrons. The maximum atomic E-state index is 12.7. The van der Waals surface area contributed by atoms with E-state index < -0.39 is 21.0 Å². The van der Waals surface area contributed by atoms with E-state index in [-0.39, 0.29) is 10.5 Å². The van der Waals surface area contributed by atoms with Crippen molar-refractivity contribution in [3.05, 3.63) is 69.5 Å². The summed E-state index contributed by atoms with van der Waals surface area (Å²) in [5.41, 5.74) is 0.974. The molecule has 0 spiro atoms. The predicted octanol–water partition coefficient (Wildman–Crippen LogP) is 5.12. The van der Waals surface area contributed by atoms with E-state index in [1.54, 1.807) is 36.6 Å². The molecule has 2 aromatic carbocycles. The van der Waals surface area contributed by atoms with E-state index in [1.165, 1.54) is 35.6 Å². The lowest BCUT2D eigenvalue weighted by Gasteiger charge is -2.07. The van der Waals surface area contributed by atoms with Gasteiger partial charge in [0.05, 0.1) is 30.4 Å². The van der Waals surface area contributed by atoms with Crippen molar-refractivity contribution in [3.63, 3.8) is 0 Å². The monoisotopic (exact) mass is 468 g/mol. The second-order valence-electron chi connectivity index (χ2n) is 6.53. The Morgan fingerprint density at radius 2 is 1.79 bits per heavy atom. The van der Waals surface area contributed by atoms with Crippen molar-refractivity contribution >= 4 is 60.5 Å². The van der Waals surface area contributed by atoms with Crippen LogP contribution in [0.25, 0.3) is 10.2 Å². The molecule has 0 unspecified atom stereocenters. The van der Waals surface area contributed by atoms with Gasteiger partial charge in [-0.25, -0.2) is 8.42 Å². The van der Waals surface area contributed by atoms with Crippen LogP contribution in [0.1, 0.15) is 24.2 Å². The number of carbonyl (C=O) groups excluding carboxylic acids is 1. The van der Waals surface area contributed by atoms with Gasteiger partial charge in [-0.05, 0) is 50.2 Å². The molecule has 3 aromatic rings. The number of fused-ring (bicyclic) bond motifs is 1. The summed E-state index contributed by atoms with van der Waals surface area (Å²) in [5.74, 6) is -0.491. The largest absolute Gasteiger partial charge is 0.311 e. The molecule has 0 aliphatic heterocycles. The molecule has 0 N–H and O–H groups in total. The van der Waals surface area contributed by atoms with E-state index in [2.05, 4.69) is 11.6 Å². The molecule has 0 saturated heterocycles. The number of hydrogen-bond donors (Lipinski definition) is 0. The first kappa shape index (κ1) is 21.8. The van der Waals surface area contributed by atoms with E-state index in [0.29, 0.717) is 26.9 Å². The van der Waals surface area contributed by atoms with Crippen LogP contribution >= 0.6 is 34.5 Å². The van der Waals surface area contributed by atoms with Crippen LogP contribution in [-0.4, -0.2) is 24.1 Å². The predicted molar refractivity (Wildman–Crippen MR) is 119 cm³/mol. The first-order valence-electron chi connectivity index (χ1n) is 8.68. The molecule has 0 radical (unpaired) electrons. The number of carbonyl (C=O) groups is 1. The molecule has 9 heteroatoms. The number of thiazole rings is 1. The number of benzene rings is 2. The number of amides is 1. The minimum atomic E-state index is -3.40. The third kappa shape index (κ3) is 4.19. The zero-order chi connectivity index (χ0) is 21.3. The second kappa shape index (κ2) is 8.44. The highest BCUT2D eigenvalue weighted by molar-refractivity contribution is 7.92. The zero-order valence-corrected chi connectivity index (χ0v) is 18.9. The van der Waals surface area contributed by atoms with E-state index in [4.69, 9.17) is 23.2 Å². The summed E-state index contributed by atoms with van der Waals surface area (Å²) in [6.45, 7) is 7.37. The summed E-state index contributed by atoms with van der Waals surface area (Å²) in [5, 5.41) is 0.476. The molecule has 1 aromatic heterocycles. The molecule has 29 heavy (non-hydrogen) atoms. The lowest BCUT2D eigenvalue weighted by atomic mass is 10.2. The lowest BCUT2D eigenvalue weighted by molar-refractivity contribution is 0.0998. The summed E-state index contributed by atoms with van der Waals surface area (Å²) in [4.78, 5) is 17.5. The van der Waals surface area contributed by atoms with Gasteiger partial charge in [-0.2, -0.15) is 4.99 Å². The SMILES string of the molecule is C=CCn1c(=NC(=O)c2ccc(S(=O)(=O)C(C)C)cc2)sc2c(Cl)ccc(Cl)c21. The van der Waals surface area contributed by atoms with Gasteiger partial charge in [-0.15, -0.1) is 6.58 Å². The summed E-state index contributed by atoms with van der Waals surface area (Å²) in [7, 11) is -3.40. The molecule has 0 aliphatic rings. The Morgan fingerprint density at radius 3 is 2.38 bits per heavy atom. The van der Waals surface area contributed by atoms with E-state index in [0.717, 1.165) is 4.70 Å². The van der Waals surface area contributed by atoms with Crippen LogP contribution in [-0.2, 0) is 16.4 Å². The van der Waals surface area contributed by atoms with Gasteiger partial charge in [0.25, 0.3) is 5.91 Å². The van der Waals surface area contributed by atoms with Gasteiger partial charge in [0, 0.05) is 12.1 Å². The van der Waals surface area contributed by atoms with Crippen molar-refractivity contribution in [2.75, 3.05) is 0 Å². The fraction of sp³-hybridized carbons (Fsp3) is 0.200. The van der Waals surface area contributed by atoms with Crippen LogP contribution in [0.2, 0.25) is 10.0 Å². The van der Waals surface area contributed by atoms with Crippen LogP contribution in [0.3, 0.4) is 0 Å². The molecule has 1 heterocycles. The average Bonchev–Trinajstić information content (AvgIpc) is 3.04. The molecule has 0 fully saturated rings. The van der Waals surface area contributed by atoms with E-state index in [9.17, 15) is 13.2 Å². The van der Waals surface area contributed by atoms with Gasteiger partial charge in [0.2, 0.25) is 0 Å². The molecule has 0 bridgehead atoms. The molecule has 0 saturated carbocycles. The number of aromatic nitrogens is 1. The molecule has 0 atom stereocenters. The maximum Gasteiger partial charge on any atom is 0.279 e. The number of sulfone groups is 1. The minimum Gasteiger partial charge on any atom is -0.311 e. The fourth-order valence-electron chi connectivity index (χ4n) is 2.71. The van der Waals surface area contributed by atoms with E-state index in [1.807, 2.05) is 0 Å². The number of rotatable bonds is 5. The van der Waals surface area contributed by atoms with Crippen molar-refractivity contribution in [2.24, 2.45) is 4.99 Å². The van der Waals surface area contributed by atoms with Gasteiger partial charge in [-0.3, -0.25) is 4.79 Å². The third-order valence-corrected chi connectivity index (χ3v) is 8.30. The second-order valence-corrected chi connectivity index (χ2v) is 10.8. The highest BCUT2D eigenvalue weighted by atomic mass is 35.5. The Labute approximate surface area is 182 Å². The Bertz CT molecular complexity index is 1270. The minimum absolute atomic E-state index is 0.172. The van der Waals surface area contributed by atoms with Crippen LogP contribution in [0.15, 0.2) is 58.9 Å². The topological polar surface area (TPSA) is 68.5 Å². The zero-order valence-electron chi connectivity index (χ0n) is 15.7. The van der Waals surface area contributed by atoms with E-state index >= 15 is 0 Å². The number of halogens is 2. The first-order valence-corrected chi connectivity index (χ1v) is 11.8. The Hall–Kier alpha value is -1.93. The van der Waals surface area contributed by atoms with Crippen molar-refractivity contribution in [2.45, 2.75) is 30.5 Å². The summed E-state index contributed by atoms with van der Waals surface area (Å²) in [6.07, 6.45) is 1.68. The van der Waals surface area contributed by atoms with Crippen molar-refractivity contribution in [3.8, 4) is 0 Å². The van der Waals surface area contributed by atoms with Gasteiger partial charge < -0.3 is 4.57 Å². The van der Waals surface area contributed by atoms with Gasteiger partial charge in [-0.1, -0.05) is 40.6 Å².